The molecule has 1 saturated carbocycles. The van der Waals surface area contributed by atoms with Gasteiger partial charge in [0.1, 0.15) is 0 Å². The Labute approximate surface area is 75.0 Å². The van der Waals surface area contributed by atoms with Crippen molar-refractivity contribution in [3.63, 3.8) is 0 Å². The average molecular weight is 166 g/mol. The van der Waals surface area contributed by atoms with Crippen molar-refractivity contribution < 1.29 is 0 Å². The maximum absolute atomic E-state index is 8.48. The molecular weight excluding hydrogens is 148 g/mol. The Kier molecular flexibility index (Phi) is 2.74. The van der Waals surface area contributed by atoms with Gasteiger partial charge in [-0.15, -0.1) is 0 Å². The van der Waals surface area contributed by atoms with Gasteiger partial charge < -0.3 is 5.32 Å². The van der Waals surface area contributed by atoms with Gasteiger partial charge in [-0.2, -0.15) is 5.26 Å². The van der Waals surface area contributed by atoms with Crippen LogP contribution in [0.3, 0.4) is 0 Å². The number of hydrogen-bond acceptors (Lipinski definition) is 2. The van der Waals surface area contributed by atoms with Gasteiger partial charge >= 0.3 is 0 Å². The molecule has 68 valence electrons. The van der Waals surface area contributed by atoms with Crippen molar-refractivity contribution in [2.24, 2.45) is 5.41 Å². The molecule has 0 aromatic heterocycles. The third kappa shape index (κ3) is 1.98. The zero-order valence-electron chi connectivity index (χ0n) is 8.22. The van der Waals surface area contributed by atoms with E-state index in [4.69, 9.17) is 5.26 Å². The molecule has 1 aliphatic carbocycles. The fraction of sp³-hybridized carbons (Fsp3) is 0.900. The minimum absolute atomic E-state index is 0.347. The maximum atomic E-state index is 8.48. The van der Waals surface area contributed by atoms with E-state index in [1.165, 1.54) is 12.8 Å². The predicted molar refractivity (Wildman–Crippen MR) is 49.6 cm³/mol. The summed E-state index contributed by atoms with van der Waals surface area (Å²) in [6.45, 7) is 6.65. The predicted octanol–water partition coefficient (Wildman–Crippen LogP) is 2.07. The van der Waals surface area contributed by atoms with Crippen LogP contribution in [-0.2, 0) is 0 Å². The summed E-state index contributed by atoms with van der Waals surface area (Å²) in [5.41, 5.74) is 0.448. The SMILES string of the molecule is CC(CC#N)NC1CCC1(C)C. The molecule has 0 saturated heterocycles. The number of hydrogen-bond donors (Lipinski definition) is 1. The van der Waals surface area contributed by atoms with Crippen molar-refractivity contribution in [2.45, 2.75) is 52.1 Å². The highest BCUT2D eigenvalue weighted by Crippen LogP contribution is 2.40. The van der Waals surface area contributed by atoms with Crippen LogP contribution in [0.1, 0.15) is 40.0 Å². The fourth-order valence-corrected chi connectivity index (χ4v) is 1.71. The summed E-state index contributed by atoms with van der Waals surface area (Å²) >= 11 is 0. The lowest BCUT2D eigenvalue weighted by atomic mass is 9.67. The second-order valence-electron chi connectivity index (χ2n) is 4.51. The Morgan fingerprint density at radius 2 is 2.33 bits per heavy atom. The third-order valence-corrected chi connectivity index (χ3v) is 2.90. The lowest BCUT2D eigenvalue weighted by Gasteiger charge is -2.46. The van der Waals surface area contributed by atoms with Crippen LogP contribution in [0.2, 0.25) is 0 Å². The summed E-state index contributed by atoms with van der Waals surface area (Å²) in [7, 11) is 0. The van der Waals surface area contributed by atoms with Gasteiger partial charge in [0.05, 0.1) is 12.5 Å². The van der Waals surface area contributed by atoms with Crippen LogP contribution in [0.4, 0.5) is 0 Å². The molecule has 0 aromatic rings. The van der Waals surface area contributed by atoms with Gasteiger partial charge in [0.2, 0.25) is 0 Å². The van der Waals surface area contributed by atoms with Crippen LogP contribution in [0.25, 0.3) is 0 Å². The van der Waals surface area contributed by atoms with Crippen molar-refractivity contribution >= 4 is 0 Å². The Morgan fingerprint density at radius 1 is 1.67 bits per heavy atom. The third-order valence-electron chi connectivity index (χ3n) is 2.90. The minimum Gasteiger partial charge on any atom is -0.310 e. The van der Waals surface area contributed by atoms with Crippen molar-refractivity contribution in [2.75, 3.05) is 0 Å². The van der Waals surface area contributed by atoms with E-state index < -0.39 is 0 Å². The van der Waals surface area contributed by atoms with E-state index in [0.29, 0.717) is 23.9 Å². The molecule has 0 spiro atoms. The molecule has 0 aromatic carbocycles. The second-order valence-corrected chi connectivity index (χ2v) is 4.51. The molecule has 1 N–H and O–H groups in total. The summed E-state index contributed by atoms with van der Waals surface area (Å²) in [6, 6.07) is 3.16. The number of nitriles is 1. The Balaban J connectivity index is 2.28. The lowest BCUT2D eigenvalue weighted by molar-refractivity contribution is 0.100. The summed E-state index contributed by atoms with van der Waals surface area (Å²) in [5, 5.41) is 12.0. The van der Waals surface area contributed by atoms with Crippen LogP contribution < -0.4 is 5.32 Å². The highest BCUT2D eigenvalue weighted by atomic mass is 15.0. The quantitative estimate of drug-likeness (QED) is 0.696. The number of nitrogens with one attached hydrogen (secondary N) is 1. The summed E-state index contributed by atoms with van der Waals surface area (Å²) < 4.78 is 0. The molecule has 2 nitrogen and oxygen atoms in total. The van der Waals surface area contributed by atoms with Crippen LogP contribution in [0.15, 0.2) is 0 Å². The van der Waals surface area contributed by atoms with Gasteiger partial charge in [-0.1, -0.05) is 13.8 Å². The first-order chi connectivity index (χ1) is 5.56. The van der Waals surface area contributed by atoms with Gasteiger partial charge in [0, 0.05) is 12.1 Å². The lowest BCUT2D eigenvalue weighted by Crippen LogP contribution is -2.52. The highest BCUT2D eigenvalue weighted by Gasteiger charge is 2.38. The van der Waals surface area contributed by atoms with Crippen molar-refractivity contribution in [1.29, 1.82) is 5.26 Å². The van der Waals surface area contributed by atoms with Crippen molar-refractivity contribution in [3.05, 3.63) is 0 Å². The van der Waals surface area contributed by atoms with Gasteiger partial charge in [-0.05, 0) is 25.2 Å². The van der Waals surface area contributed by atoms with Gasteiger partial charge in [-0.25, -0.2) is 0 Å². The molecule has 2 unspecified atom stereocenters. The average Bonchev–Trinajstić information content (AvgIpc) is 1.99. The molecule has 0 heterocycles. The molecule has 1 fully saturated rings. The van der Waals surface area contributed by atoms with Crippen LogP contribution >= 0.6 is 0 Å². The number of nitrogens with zero attached hydrogens (tertiary/aromatic N) is 1. The molecule has 0 amide bonds. The zero-order chi connectivity index (χ0) is 9.19. The monoisotopic (exact) mass is 166 g/mol. The zero-order valence-corrected chi connectivity index (χ0v) is 8.22. The van der Waals surface area contributed by atoms with Gasteiger partial charge in [-0.3, -0.25) is 0 Å². The molecule has 0 radical (unpaired) electrons. The summed E-state index contributed by atoms with van der Waals surface area (Å²) in [5.74, 6) is 0. The van der Waals surface area contributed by atoms with Gasteiger partial charge in [0.25, 0.3) is 0 Å². The summed E-state index contributed by atoms with van der Waals surface area (Å²) in [6.07, 6.45) is 3.19. The van der Waals surface area contributed by atoms with Crippen molar-refractivity contribution in [1.82, 2.24) is 5.32 Å². The largest absolute Gasteiger partial charge is 0.310 e. The first kappa shape index (κ1) is 9.54. The minimum atomic E-state index is 0.347. The first-order valence-corrected chi connectivity index (χ1v) is 4.69. The molecule has 2 atom stereocenters. The van der Waals surface area contributed by atoms with E-state index in [1.807, 2.05) is 0 Å². The molecule has 0 bridgehead atoms. The van der Waals surface area contributed by atoms with E-state index >= 15 is 0 Å². The Hall–Kier alpha value is -0.550. The smallest absolute Gasteiger partial charge is 0.0638 e. The topological polar surface area (TPSA) is 35.8 Å². The molecule has 0 aliphatic heterocycles. The molecule has 2 heteroatoms. The van der Waals surface area contributed by atoms with E-state index in [2.05, 4.69) is 32.2 Å². The Morgan fingerprint density at radius 3 is 2.67 bits per heavy atom. The van der Waals surface area contributed by atoms with Crippen molar-refractivity contribution in [3.8, 4) is 6.07 Å². The normalized spacial score (nSPS) is 28.7. The maximum Gasteiger partial charge on any atom is 0.0638 e. The fourth-order valence-electron chi connectivity index (χ4n) is 1.71. The number of rotatable bonds is 3. The molecule has 1 aliphatic rings. The molecule has 1 rings (SSSR count). The van der Waals surface area contributed by atoms with Crippen LogP contribution in [0, 0.1) is 16.7 Å². The Bertz CT molecular complexity index is 191. The van der Waals surface area contributed by atoms with Gasteiger partial charge in [0.15, 0.2) is 0 Å². The van der Waals surface area contributed by atoms with Crippen LogP contribution in [-0.4, -0.2) is 12.1 Å². The second kappa shape index (κ2) is 3.45. The molecule has 12 heavy (non-hydrogen) atoms. The summed E-state index contributed by atoms with van der Waals surface area (Å²) in [4.78, 5) is 0. The first-order valence-electron chi connectivity index (χ1n) is 4.69. The van der Waals surface area contributed by atoms with E-state index in [9.17, 15) is 0 Å². The highest BCUT2D eigenvalue weighted by molar-refractivity contribution is 4.96. The van der Waals surface area contributed by atoms with Crippen LogP contribution in [0.5, 0.6) is 0 Å². The van der Waals surface area contributed by atoms with E-state index in [1.54, 1.807) is 0 Å². The van der Waals surface area contributed by atoms with E-state index in [-0.39, 0.29) is 0 Å². The molecular formula is C10H18N2. The van der Waals surface area contributed by atoms with E-state index in [0.717, 1.165) is 0 Å². The standard InChI is InChI=1S/C10H18N2/c1-8(5-7-11)12-9-4-6-10(9,2)3/h8-9,12H,4-6H2,1-3H3.